The van der Waals surface area contributed by atoms with Crippen LogP contribution in [0.15, 0.2) is 47.4 Å². The minimum absolute atomic E-state index is 0.0633. The maximum absolute atomic E-state index is 12.0. The van der Waals surface area contributed by atoms with Gasteiger partial charge in [-0.3, -0.25) is 9.59 Å². The predicted molar refractivity (Wildman–Crippen MR) is 78.1 cm³/mol. The van der Waals surface area contributed by atoms with Gasteiger partial charge in [0.25, 0.3) is 11.5 Å². The zero-order valence-corrected chi connectivity index (χ0v) is 11.5. The van der Waals surface area contributed by atoms with Gasteiger partial charge in [-0.2, -0.15) is 0 Å². The Hall–Kier alpha value is -2.40. The van der Waals surface area contributed by atoms with Crippen molar-refractivity contribution in [2.24, 2.45) is 0 Å². The van der Waals surface area contributed by atoms with Crippen LogP contribution in [0.1, 0.15) is 21.5 Å². The molecule has 108 valence electrons. The van der Waals surface area contributed by atoms with Gasteiger partial charge in [-0.1, -0.05) is 24.3 Å². The van der Waals surface area contributed by atoms with E-state index < -0.39 is 0 Å². The molecule has 5 heteroatoms. The Kier molecular flexibility index (Phi) is 3.83. The first-order valence-corrected chi connectivity index (χ1v) is 6.88. The van der Waals surface area contributed by atoms with Crippen molar-refractivity contribution in [3.8, 4) is 0 Å². The summed E-state index contributed by atoms with van der Waals surface area (Å²) in [7, 11) is 0. The summed E-state index contributed by atoms with van der Waals surface area (Å²) in [6.07, 6.45) is 2.20. The standard InChI is InChI=1S/C16H16N2O3/c19-15-14(6-3-7-17-15)16(20)18-9-13-8-11-4-1-2-5-12(11)10-21-13/h1-7,13H,8-10H2,(H,17,19)(H,18,20). The average Bonchev–Trinajstić information content (AvgIpc) is 2.53. The van der Waals surface area contributed by atoms with E-state index in [1.165, 1.54) is 23.4 Å². The first-order valence-electron chi connectivity index (χ1n) is 6.88. The van der Waals surface area contributed by atoms with Crippen LogP contribution in [-0.4, -0.2) is 23.5 Å². The largest absolute Gasteiger partial charge is 0.371 e. The van der Waals surface area contributed by atoms with Crippen molar-refractivity contribution in [1.29, 1.82) is 0 Å². The number of aromatic amines is 1. The van der Waals surface area contributed by atoms with Gasteiger partial charge in [0.2, 0.25) is 0 Å². The highest BCUT2D eigenvalue weighted by Gasteiger charge is 2.20. The van der Waals surface area contributed by atoms with Gasteiger partial charge in [0.1, 0.15) is 5.56 Å². The van der Waals surface area contributed by atoms with Crippen molar-refractivity contribution in [2.75, 3.05) is 6.54 Å². The number of amides is 1. The Morgan fingerprint density at radius 3 is 2.86 bits per heavy atom. The number of pyridine rings is 1. The number of rotatable bonds is 3. The number of nitrogens with one attached hydrogen (secondary N) is 2. The normalized spacial score (nSPS) is 17.0. The van der Waals surface area contributed by atoms with E-state index in [2.05, 4.69) is 16.4 Å². The lowest BCUT2D eigenvalue weighted by atomic mass is 9.99. The second-order valence-corrected chi connectivity index (χ2v) is 5.03. The molecule has 0 spiro atoms. The van der Waals surface area contributed by atoms with Crippen LogP contribution in [0.25, 0.3) is 0 Å². The SMILES string of the molecule is O=C(NCC1Cc2ccccc2CO1)c1ccc[nH]c1=O. The van der Waals surface area contributed by atoms with Crippen molar-refractivity contribution in [3.63, 3.8) is 0 Å². The molecule has 5 nitrogen and oxygen atoms in total. The molecule has 0 aliphatic carbocycles. The number of carbonyl (C=O) groups excluding carboxylic acids is 1. The molecule has 0 bridgehead atoms. The molecule has 2 aromatic rings. The molecule has 2 N–H and O–H groups in total. The monoisotopic (exact) mass is 284 g/mol. The number of hydrogen-bond acceptors (Lipinski definition) is 3. The summed E-state index contributed by atoms with van der Waals surface area (Å²) in [6.45, 7) is 0.949. The van der Waals surface area contributed by atoms with E-state index in [-0.39, 0.29) is 23.1 Å². The van der Waals surface area contributed by atoms with Gasteiger partial charge in [-0.25, -0.2) is 0 Å². The minimum atomic E-state index is -0.384. The molecular weight excluding hydrogens is 268 g/mol. The van der Waals surface area contributed by atoms with Crippen LogP contribution in [0.4, 0.5) is 0 Å². The van der Waals surface area contributed by atoms with Crippen molar-refractivity contribution in [2.45, 2.75) is 19.1 Å². The minimum Gasteiger partial charge on any atom is -0.371 e. The number of fused-ring (bicyclic) bond motifs is 1. The number of aromatic nitrogens is 1. The molecule has 1 aliphatic heterocycles. The molecule has 0 radical (unpaired) electrons. The number of ether oxygens (including phenoxy) is 1. The highest BCUT2D eigenvalue weighted by atomic mass is 16.5. The van der Waals surface area contributed by atoms with Gasteiger partial charge in [0.15, 0.2) is 0 Å². The summed E-state index contributed by atoms with van der Waals surface area (Å²) in [6, 6.07) is 11.3. The fourth-order valence-corrected chi connectivity index (χ4v) is 2.44. The van der Waals surface area contributed by atoms with Gasteiger partial charge in [-0.15, -0.1) is 0 Å². The smallest absolute Gasteiger partial charge is 0.260 e. The molecule has 1 aliphatic rings. The third-order valence-electron chi connectivity index (χ3n) is 3.59. The van der Waals surface area contributed by atoms with Gasteiger partial charge < -0.3 is 15.0 Å². The second-order valence-electron chi connectivity index (χ2n) is 5.03. The Balaban J connectivity index is 1.61. The maximum Gasteiger partial charge on any atom is 0.260 e. The molecule has 3 rings (SSSR count). The summed E-state index contributed by atoms with van der Waals surface area (Å²) < 4.78 is 5.72. The second kappa shape index (κ2) is 5.93. The van der Waals surface area contributed by atoms with Crippen molar-refractivity contribution in [3.05, 3.63) is 69.6 Å². The Morgan fingerprint density at radius 1 is 1.24 bits per heavy atom. The summed E-state index contributed by atoms with van der Waals surface area (Å²) in [5, 5.41) is 2.76. The zero-order chi connectivity index (χ0) is 14.7. The van der Waals surface area contributed by atoms with Crippen molar-refractivity contribution in [1.82, 2.24) is 10.3 Å². The van der Waals surface area contributed by atoms with Crippen LogP contribution < -0.4 is 10.9 Å². The molecule has 1 atom stereocenters. The van der Waals surface area contributed by atoms with E-state index in [1.807, 2.05) is 18.2 Å². The molecule has 0 fully saturated rings. The van der Waals surface area contributed by atoms with Crippen molar-refractivity contribution >= 4 is 5.91 Å². The first-order chi connectivity index (χ1) is 10.2. The highest BCUT2D eigenvalue weighted by Crippen LogP contribution is 2.19. The summed E-state index contributed by atoms with van der Waals surface area (Å²) in [5.41, 5.74) is 2.18. The number of hydrogen-bond donors (Lipinski definition) is 2. The van der Waals surface area contributed by atoms with Crippen LogP contribution >= 0.6 is 0 Å². The van der Waals surface area contributed by atoms with Gasteiger partial charge >= 0.3 is 0 Å². The third kappa shape index (κ3) is 3.03. The highest BCUT2D eigenvalue weighted by molar-refractivity contribution is 5.93. The Bertz CT molecular complexity index is 708. The van der Waals surface area contributed by atoms with Crippen LogP contribution in [0, 0.1) is 0 Å². The van der Waals surface area contributed by atoms with E-state index >= 15 is 0 Å². The van der Waals surface area contributed by atoms with E-state index in [0.29, 0.717) is 13.2 Å². The van der Waals surface area contributed by atoms with Gasteiger partial charge in [-0.05, 0) is 23.3 Å². The topological polar surface area (TPSA) is 71.2 Å². The molecule has 1 aromatic heterocycles. The van der Waals surface area contributed by atoms with Crippen molar-refractivity contribution < 1.29 is 9.53 Å². The predicted octanol–water partition coefficient (Wildman–Crippen LogP) is 1.25. The lowest BCUT2D eigenvalue weighted by Gasteiger charge is -2.25. The lowest BCUT2D eigenvalue weighted by Crippen LogP contribution is -2.38. The Labute approximate surface area is 122 Å². The molecule has 21 heavy (non-hydrogen) atoms. The Morgan fingerprint density at radius 2 is 2.05 bits per heavy atom. The van der Waals surface area contributed by atoms with Crippen LogP contribution in [-0.2, 0) is 17.8 Å². The number of carbonyl (C=O) groups is 1. The average molecular weight is 284 g/mol. The van der Waals surface area contributed by atoms with Crippen LogP contribution in [0.5, 0.6) is 0 Å². The quantitative estimate of drug-likeness (QED) is 0.891. The molecular formula is C16H16N2O3. The fourth-order valence-electron chi connectivity index (χ4n) is 2.44. The van der Waals surface area contributed by atoms with E-state index in [4.69, 9.17) is 4.74 Å². The zero-order valence-electron chi connectivity index (χ0n) is 11.5. The lowest BCUT2D eigenvalue weighted by molar-refractivity contribution is 0.0285. The molecule has 1 amide bonds. The van der Waals surface area contributed by atoms with E-state index in [0.717, 1.165) is 6.42 Å². The fraction of sp³-hybridized carbons (Fsp3) is 0.250. The summed E-state index contributed by atoms with van der Waals surface area (Å²) >= 11 is 0. The maximum atomic E-state index is 12.0. The molecule has 2 heterocycles. The van der Waals surface area contributed by atoms with E-state index in [9.17, 15) is 9.59 Å². The van der Waals surface area contributed by atoms with Gasteiger partial charge in [0, 0.05) is 19.2 Å². The molecule has 1 aromatic carbocycles. The summed E-state index contributed by atoms with van der Waals surface area (Å²) in [5.74, 6) is -0.376. The number of H-pyrrole nitrogens is 1. The van der Waals surface area contributed by atoms with Gasteiger partial charge in [0.05, 0.1) is 12.7 Å². The number of benzene rings is 1. The third-order valence-corrected chi connectivity index (χ3v) is 3.59. The summed E-state index contributed by atoms with van der Waals surface area (Å²) in [4.78, 5) is 26.0. The van der Waals surface area contributed by atoms with E-state index in [1.54, 1.807) is 6.07 Å². The first kappa shape index (κ1) is 13.6. The molecule has 0 saturated heterocycles. The van der Waals surface area contributed by atoms with Crippen LogP contribution in [0.3, 0.4) is 0 Å². The molecule has 0 saturated carbocycles. The van der Waals surface area contributed by atoms with Crippen LogP contribution in [0.2, 0.25) is 0 Å². The molecule has 1 unspecified atom stereocenters.